The molecule has 1 saturated carbocycles. The molecule has 4 aliphatic rings. The Bertz CT molecular complexity index is 230. The molecule has 0 spiro atoms. The first-order chi connectivity index (χ1) is 5.66. The lowest BCUT2D eigenvalue weighted by atomic mass is 9.63. The quantitative estimate of drug-likeness (QED) is 0.368. The van der Waals surface area contributed by atoms with Gasteiger partial charge in [-0.2, -0.15) is 0 Å². The van der Waals surface area contributed by atoms with Gasteiger partial charge in [-0.1, -0.05) is 12.2 Å². The molecule has 0 aromatic rings. The van der Waals surface area contributed by atoms with E-state index in [1.54, 1.807) is 0 Å². The van der Waals surface area contributed by atoms with Crippen molar-refractivity contribution >= 4 is 7.98 Å². The molecule has 0 aromatic heterocycles. The van der Waals surface area contributed by atoms with Crippen molar-refractivity contribution in [3.8, 4) is 0 Å². The molecule has 4 fully saturated rings. The Kier molecular flexibility index (Phi) is 1.19. The van der Waals surface area contributed by atoms with Crippen LogP contribution >= 0.6 is 0 Å². The summed E-state index contributed by atoms with van der Waals surface area (Å²) < 4.78 is 0.860. The first kappa shape index (κ1) is 7.20. The summed E-state index contributed by atoms with van der Waals surface area (Å²) in [7, 11) is 6.28. The van der Waals surface area contributed by atoms with Crippen LogP contribution in [0.5, 0.6) is 0 Å². The lowest BCUT2D eigenvalue weighted by Crippen LogP contribution is -2.65. The number of hydrogen-bond acceptors (Lipinski definition) is 0. The molecule has 12 heavy (non-hydrogen) atoms. The maximum absolute atomic E-state index is 6.28. The fourth-order valence-electron chi connectivity index (χ4n) is 3.69. The van der Waals surface area contributed by atoms with Crippen molar-refractivity contribution < 1.29 is 4.39 Å². The van der Waals surface area contributed by atoms with E-state index in [4.69, 9.17) is 7.98 Å². The lowest BCUT2D eigenvalue weighted by Gasteiger charge is -2.58. The molecule has 0 amide bonds. The van der Waals surface area contributed by atoms with Crippen molar-refractivity contribution in [2.45, 2.75) is 12.8 Å². The van der Waals surface area contributed by atoms with Crippen LogP contribution in [0.25, 0.3) is 0 Å². The topological polar surface area (TPSA) is 0 Å². The molecule has 4 bridgehead atoms. The van der Waals surface area contributed by atoms with Crippen LogP contribution < -0.4 is 0 Å². The van der Waals surface area contributed by atoms with Gasteiger partial charge in [0.25, 0.3) is 0 Å². The molecule has 0 N–H and O–H groups in total. The summed E-state index contributed by atoms with van der Waals surface area (Å²) in [5.74, 6) is 2.44. The van der Waals surface area contributed by atoms with Crippen LogP contribution in [-0.2, 0) is 0 Å². The lowest BCUT2D eigenvalue weighted by molar-refractivity contribution is -0.846. The molecule has 3 saturated heterocycles. The van der Waals surface area contributed by atoms with Crippen LogP contribution in [0.4, 0.5) is 0 Å². The molecule has 3 aliphatic heterocycles. The van der Waals surface area contributed by atoms with Gasteiger partial charge in [-0.25, -0.2) is 0 Å². The van der Waals surface area contributed by atoms with Crippen LogP contribution in [0.3, 0.4) is 0 Å². The fourth-order valence-corrected chi connectivity index (χ4v) is 3.69. The van der Waals surface area contributed by atoms with Crippen LogP contribution in [0.15, 0.2) is 12.2 Å². The Labute approximate surface area is 75.5 Å². The van der Waals surface area contributed by atoms with Crippen molar-refractivity contribution in [3.63, 3.8) is 0 Å². The Morgan fingerprint density at radius 2 is 1.75 bits per heavy atom. The number of nitrogens with zero attached hydrogens (tertiary/aromatic N) is 1. The van der Waals surface area contributed by atoms with E-state index in [-0.39, 0.29) is 0 Å². The van der Waals surface area contributed by atoms with Gasteiger partial charge in [-0.3, -0.25) is 0 Å². The summed E-state index contributed by atoms with van der Waals surface area (Å²) in [4.78, 5) is 0. The molecule has 2 atom stereocenters. The SMILES string of the molecule is [B][N+]12CC3CC(C1)C(=C)C(C3)C2. The van der Waals surface area contributed by atoms with E-state index < -0.39 is 0 Å². The maximum atomic E-state index is 6.28. The minimum Gasteiger partial charge on any atom is -0.395 e. The standard InChI is InChI=1S/C10H15BN/c1-7-9-2-8-3-10(7)6-12(11,4-8)5-9/h8-10H,1-6H2/q+1. The maximum Gasteiger partial charge on any atom is 0.481 e. The van der Waals surface area contributed by atoms with Crippen LogP contribution in [-0.4, -0.2) is 32.0 Å². The zero-order valence-corrected chi connectivity index (χ0v) is 7.50. The highest BCUT2D eigenvalue weighted by atomic mass is 15.3. The minimum absolute atomic E-state index is 0.765. The molecular weight excluding hydrogens is 145 g/mol. The van der Waals surface area contributed by atoms with Gasteiger partial charge >= 0.3 is 7.98 Å². The minimum atomic E-state index is 0.765. The van der Waals surface area contributed by atoms with Crippen LogP contribution in [0.1, 0.15) is 12.8 Å². The Balaban J connectivity index is 2.00. The van der Waals surface area contributed by atoms with E-state index in [0.29, 0.717) is 0 Å². The zero-order chi connectivity index (χ0) is 8.34. The van der Waals surface area contributed by atoms with Gasteiger partial charge in [0.15, 0.2) is 0 Å². The summed E-state index contributed by atoms with van der Waals surface area (Å²) in [6.45, 7) is 7.80. The molecule has 62 valence electrons. The molecule has 2 heteroatoms. The van der Waals surface area contributed by atoms with Crippen LogP contribution in [0.2, 0.25) is 0 Å². The predicted molar refractivity (Wildman–Crippen MR) is 49.5 cm³/mol. The average Bonchev–Trinajstić information content (AvgIpc) is 1.96. The number of hydrogen-bond donors (Lipinski definition) is 0. The first-order valence-corrected chi connectivity index (χ1v) is 5.00. The van der Waals surface area contributed by atoms with Gasteiger partial charge in [-0.15, -0.1) is 0 Å². The molecule has 3 heterocycles. The van der Waals surface area contributed by atoms with Gasteiger partial charge in [0, 0.05) is 17.8 Å². The number of piperidine rings is 3. The summed E-state index contributed by atoms with van der Waals surface area (Å²) in [6.07, 6.45) is 2.76. The van der Waals surface area contributed by atoms with E-state index in [9.17, 15) is 0 Å². The van der Waals surface area contributed by atoms with Gasteiger partial charge < -0.3 is 4.39 Å². The molecular formula is C10H15BN+. The highest BCUT2D eigenvalue weighted by molar-refractivity contribution is 5.97. The summed E-state index contributed by atoms with van der Waals surface area (Å²) >= 11 is 0. The normalized spacial score (nSPS) is 56.3. The van der Waals surface area contributed by atoms with Gasteiger partial charge in [0.05, 0.1) is 19.6 Å². The largest absolute Gasteiger partial charge is 0.481 e. The van der Waals surface area contributed by atoms with Crippen LogP contribution in [0, 0.1) is 17.8 Å². The highest BCUT2D eigenvalue weighted by Gasteiger charge is 2.50. The molecule has 1 aliphatic carbocycles. The highest BCUT2D eigenvalue weighted by Crippen LogP contribution is 2.48. The summed E-state index contributed by atoms with van der Waals surface area (Å²) in [5, 5.41) is 0. The van der Waals surface area contributed by atoms with E-state index in [1.807, 2.05) is 0 Å². The van der Waals surface area contributed by atoms with E-state index in [0.717, 1.165) is 22.1 Å². The predicted octanol–water partition coefficient (Wildman–Crippen LogP) is 1.11. The molecule has 0 aromatic carbocycles. The smallest absolute Gasteiger partial charge is 0.395 e. The Morgan fingerprint density at radius 1 is 1.17 bits per heavy atom. The number of rotatable bonds is 0. The fraction of sp³-hybridized carbons (Fsp3) is 0.800. The molecule has 4 rings (SSSR count). The van der Waals surface area contributed by atoms with Crippen molar-refractivity contribution in [2.75, 3.05) is 19.6 Å². The van der Waals surface area contributed by atoms with Crippen molar-refractivity contribution in [3.05, 3.63) is 12.2 Å². The zero-order valence-electron chi connectivity index (χ0n) is 7.50. The summed E-state index contributed by atoms with van der Waals surface area (Å²) in [5.41, 5.74) is 1.52. The van der Waals surface area contributed by atoms with E-state index in [1.165, 1.54) is 38.0 Å². The third-order valence-corrected chi connectivity index (χ3v) is 4.07. The van der Waals surface area contributed by atoms with E-state index in [2.05, 4.69) is 6.58 Å². The summed E-state index contributed by atoms with van der Waals surface area (Å²) in [6, 6.07) is 0. The monoisotopic (exact) mass is 160 g/mol. The Hall–Kier alpha value is -0.235. The Morgan fingerprint density at radius 3 is 2.25 bits per heavy atom. The molecule has 2 radical (unpaired) electrons. The average molecular weight is 160 g/mol. The van der Waals surface area contributed by atoms with Crippen molar-refractivity contribution in [2.24, 2.45) is 17.8 Å². The van der Waals surface area contributed by atoms with Crippen molar-refractivity contribution in [1.29, 1.82) is 0 Å². The third-order valence-electron chi connectivity index (χ3n) is 4.07. The first-order valence-electron chi connectivity index (χ1n) is 5.00. The third kappa shape index (κ3) is 0.793. The van der Waals surface area contributed by atoms with Crippen molar-refractivity contribution in [1.82, 2.24) is 0 Å². The second-order valence-electron chi connectivity index (χ2n) is 5.07. The van der Waals surface area contributed by atoms with E-state index >= 15 is 0 Å². The molecule has 2 unspecified atom stereocenters. The molecule has 1 nitrogen and oxygen atoms in total. The van der Waals surface area contributed by atoms with Gasteiger partial charge in [-0.05, 0) is 12.8 Å². The van der Waals surface area contributed by atoms with Gasteiger partial charge in [0.1, 0.15) is 0 Å². The second kappa shape index (κ2) is 1.98. The second-order valence-corrected chi connectivity index (χ2v) is 5.07. The van der Waals surface area contributed by atoms with Gasteiger partial charge in [0.2, 0.25) is 0 Å². The number of quaternary nitrogens is 1.